The van der Waals surface area contributed by atoms with Crippen LogP contribution in [0.1, 0.15) is 32.6 Å². The van der Waals surface area contributed by atoms with Gasteiger partial charge < -0.3 is 0 Å². The van der Waals surface area contributed by atoms with Gasteiger partial charge in [0.25, 0.3) is 0 Å². The van der Waals surface area contributed by atoms with E-state index in [1.165, 1.54) is 22.3 Å². The molecule has 4 aliphatic rings. The summed E-state index contributed by atoms with van der Waals surface area (Å²) in [6.45, 7) is 0. The maximum absolute atomic E-state index is 11.4. The number of halogens is 1. The molecule has 0 unspecified atom stereocenters. The van der Waals surface area contributed by atoms with Gasteiger partial charge in [-0.2, -0.15) is 0 Å². The van der Waals surface area contributed by atoms with Crippen molar-refractivity contribution in [2.75, 3.05) is 0 Å². The third-order valence-corrected chi connectivity index (χ3v) is 5.13. The molecule has 4 bridgehead atoms. The van der Waals surface area contributed by atoms with Crippen molar-refractivity contribution in [1.82, 2.24) is 0 Å². The van der Waals surface area contributed by atoms with Crippen molar-refractivity contribution in [2.45, 2.75) is 25.7 Å². The Balaban J connectivity index is 2.08. The number of carbonyl (C=O) groups is 1. The van der Waals surface area contributed by atoms with Crippen LogP contribution in [0.5, 0.6) is 0 Å². The summed E-state index contributed by atoms with van der Waals surface area (Å²) in [6.07, 6.45) is 4.99. The fraction of sp³-hybridized carbons (Fsp3) is 0.235. The molecule has 0 amide bonds. The number of rotatable bonds is 1. The van der Waals surface area contributed by atoms with E-state index in [0.29, 0.717) is 0 Å². The summed E-state index contributed by atoms with van der Waals surface area (Å²) in [5.41, 5.74) is 6.08. The van der Waals surface area contributed by atoms with Crippen molar-refractivity contribution in [3.05, 3.63) is 67.8 Å². The number of aryl methyl sites for hydroxylation is 4. The van der Waals surface area contributed by atoms with Crippen molar-refractivity contribution in [1.29, 1.82) is 0 Å². The molecular weight excluding hydrogens is 347 g/mol. The predicted molar refractivity (Wildman–Crippen MR) is 85.8 cm³/mol. The molecule has 96 valence electrons. The van der Waals surface area contributed by atoms with E-state index in [1.807, 2.05) is 0 Å². The van der Waals surface area contributed by atoms with Crippen LogP contribution < -0.4 is 0 Å². The smallest absolute Gasteiger partial charge is 0.151 e. The Kier molecular flexibility index (Phi) is 3.69. The molecule has 2 heteroatoms. The molecule has 0 aliphatic heterocycles. The Labute approximate surface area is 127 Å². The highest BCUT2D eigenvalue weighted by Gasteiger charge is 2.12. The van der Waals surface area contributed by atoms with Gasteiger partial charge in [-0.15, -0.1) is 0 Å². The summed E-state index contributed by atoms with van der Waals surface area (Å²) >= 11 is 2.32. The largest absolute Gasteiger partial charge is 0.298 e. The highest BCUT2D eigenvalue weighted by Crippen LogP contribution is 2.24. The highest BCUT2D eigenvalue weighted by atomic mass is 127. The Morgan fingerprint density at radius 2 is 1.32 bits per heavy atom. The molecular formula is C17H15IO. The lowest BCUT2D eigenvalue weighted by Crippen LogP contribution is -2.05. The fourth-order valence-corrected chi connectivity index (χ4v) is 3.57. The zero-order valence-electron chi connectivity index (χ0n) is 10.7. The lowest BCUT2D eigenvalue weighted by molar-refractivity contribution is 0.112. The molecule has 0 radical (unpaired) electrons. The summed E-state index contributed by atoms with van der Waals surface area (Å²) in [5, 5.41) is 0. The van der Waals surface area contributed by atoms with Crippen LogP contribution in [0, 0.1) is 3.57 Å². The average molecular weight is 362 g/mol. The Bertz CT molecular complexity index is 614. The minimum atomic E-state index is 0.896. The first-order valence-electron chi connectivity index (χ1n) is 6.61. The van der Waals surface area contributed by atoms with E-state index in [2.05, 4.69) is 59.0 Å². The zero-order chi connectivity index (χ0) is 13.2. The third-order valence-electron chi connectivity index (χ3n) is 3.86. The van der Waals surface area contributed by atoms with Gasteiger partial charge in [0, 0.05) is 9.13 Å². The van der Waals surface area contributed by atoms with Crippen molar-refractivity contribution >= 4 is 28.9 Å². The van der Waals surface area contributed by atoms with Gasteiger partial charge in [-0.3, -0.25) is 4.79 Å². The van der Waals surface area contributed by atoms with Gasteiger partial charge in [0.05, 0.1) is 0 Å². The van der Waals surface area contributed by atoms with Crippen LogP contribution in [0.3, 0.4) is 0 Å². The molecule has 2 aromatic rings. The summed E-state index contributed by atoms with van der Waals surface area (Å²) in [4.78, 5) is 11.4. The molecule has 0 saturated carbocycles. The van der Waals surface area contributed by atoms with Gasteiger partial charge in [-0.25, -0.2) is 0 Å². The first kappa shape index (κ1) is 12.9. The SMILES string of the molecule is O=Cc1c2ccc(c1I)CCc1ccc(cc1)CC2. The molecule has 0 saturated heterocycles. The van der Waals surface area contributed by atoms with Crippen LogP contribution in [-0.2, 0) is 25.7 Å². The first-order valence-corrected chi connectivity index (χ1v) is 7.69. The van der Waals surface area contributed by atoms with Gasteiger partial charge in [0.2, 0.25) is 0 Å². The van der Waals surface area contributed by atoms with Crippen LogP contribution in [0.4, 0.5) is 0 Å². The van der Waals surface area contributed by atoms with Crippen molar-refractivity contribution in [3.63, 3.8) is 0 Å². The molecule has 4 aliphatic carbocycles. The monoisotopic (exact) mass is 362 g/mol. The van der Waals surface area contributed by atoms with E-state index >= 15 is 0 Å². The van der Waals surface area contributed by atoms with E-state index in [1.54, 1.807) is 0 Å². The molecule has 0 heterocycles. The average Bonchev–Trinajstić information content (AvgIpc) is 2.43. The second kappa shape index (κ2) is 5.45. The van der Waals surface area contributed by atoms with Gasteiger partial charge in [-0.1, -0.05) is 36.4 Å². The summed E-state index contributed by atoms with van der Waals surface area (Å²) < 4.78 is 1.14. The van der Waals surface area contributed by atoms with Crippen LogP contribution >= 0.6 is 22.6 Å². The summed E-state index contributed by atoms with van der Waals surface area (Å²) in [7, 11) is 0. The lowest BCUT2D eigenvalue weighted by atomic mass is 9.94. The molecule has 0 spiro atoms. The standard InChI is InChI=1S/C17H15IO/c18-17-15-8-6-13-3-1-12(2-4-13)5-7-14(9-10-15)16(17)11-19/h1-4,9-11H,5-8H2. The van der Waals surface area contributed by atoms with E-state index in [4.69, 9.17) is 0 Å². The van der Waals surface area contributed by atoms with Crippen molar-refractivity contribution in [2.24, 2.45) is 0 Å². The molecule has 0 N–H and O–H groups in total. The fourth-order valence-electron chi connectivity index (χ4n) is 2.65. The first-order chi connectivity index (χ1) is 9.28. The maximum atomic E-state index is 11.4. The normalized spacial score (nSPS) is 13.9. The molecule has 0 atom stereocenters. The maximum Gasteiger partial charge on any atom is 0.151 e. The summed E-state index contributed by atoms with van der Waals surface area (Å²) in [6, 6.07) is 13.2. The molecule has 1 nitrogen and oxygen atoms in total. The number of aldehydes is 1. The Morgan fingerprint density at radius 3 is 1.89 bits per heavy atom. The van der Waals surface area contributed by atoms with Crippen molar-refractivity contribution in [3.8, 4) is 0 Å². The number of carbonyl (C=O) groups excluding carboxylic acids is 1. The van der Waals surface area contributed by atoms with Crippen LogP contribution in [0.15, 0.2) is 36.4 Å². The molecule has 6 rings (SSSR count). The van der Waals surface area contributed by atoms with Crippen LogP contribution in [0.25, 0.3) is 0 Å². The van der Waals surface area contributed by atoms with Gasteiger partial charge in [0.15, 0.2) is 6.29 Å². The quantitative estimate of drug-likeness (QED) is 0.554. The lowest BCUT2D eigenvalue weighted by Gasteiger charge is -2.14. The second-order valence-corrected chi connectivity index (χ2v) is 6.12. The molecule has 2 aromatic carbocycles. The van der Waals surface area contributed by atoms with E-state index in [-0.39, 0.29) is 0 Å². The van der Waals surface area contributed by atoms with E-state index < -0.39 is 0 Å². The minimum Gasteiger partial charge on any atom is -0.298 e. The topological polar surface area (TPSA) is 17.1 Å². The second-order valence-electron chi connectivity index (χ2n) is 5.05. The number of hydrogen-bond donors (Lipinski definition) is 0. The van der Waals surface area contributed by atoms with Crippen LogP contribution in [0.2, 0.25) is 0 Å². The Hall–Kier alpha value is -1.16. The van der Waals surface area contributed by atoms with E-state index in [0.717, 1.165) is 41.1 Å². The van der Waals surface area contributed by atoms with Gasteiger partial charge in [-0.05, 0) is 70.5 Å². The minimum absolute atomic E-state index is 0.896. The zero-order valence-corrected chi connectivity index (χ0v) is 12.8. The number of benzene rings is 2. The van der Waals surface area contributed by atoms with E-state index in [9.17, 15) is 4.79 Å². The van der Waals surface area contributed by atoms with Crippen molar-refractivity contribution < 1.29 is 4.79 Å². The van der Waals surface area contributed by atoms with Gasteiger partial charge in [0.1, 0.15) is 0 Å². The third kappa shape index (κ3) is 2.59. The summed E-state index contributed by atoms with van der Waals surface area (Å²) in [5.74, 6) is 0. The van der Waals surface area contributed by atoms with Gasteiger partial charge >= 0.3 is 0 Å². The predicted octanol–water partition coefficient (Wildman–Crippen LogP) is 3.99. The molecule has 0 fully saturated rings. The molecule has 19 heavy (non-hydrogen) atoms. The van der Waals surface area contributed by atoms with Crippen LogP contribution in [-0.4, -0.2) is 6.29 Å². The number of hydrogen-bond acceptors (Lipinski definition) is 1. The highest BCUT2D eigenvalue weighted by molar-refractivity contribution is 14.1. The Morgan fingerprint density at radius 1 is 0.789 bits per heavy atom. The molecule has 0 aromatic heterocycles.